The fourth-order valence-corrected chi connectivity index (χ4v) is 2.32. The van der Waals surface area contributed by atoms with Gasteiger partial charge < -0.3 is 20.0 Å². The van der Waals surface area contributed by atoms with E-state index >= 15 is 0 Å². The van der Waals surface area contributed by atoms with Crippen molar-refractivity contribution in [2.45, 2.75) is 26.3 Å². The SMILES string of the molecule is CCNc1nc(NCc2ccco2)nc(N2CCCC2)n1. The lowest BCUT2D eigenvalue weighted by Gasteiger charge is -2.16. The topological polar surface area (TPSA) is 79.1 Å². The maximum absolute atomic E-state index is 5.30. The third-order valence-electron chi connectivity index (χ3n) is 3.35. The van der Waals surface area contributed by atoms with Gasteiger partial charge in [0, 0.05) is 19.6 Å². The number of nitrogens with one attached hydrogen (secondary N) is 2. The van der Waals surface area contributed by atoms with Crippen LogP contribution in [0, 0.1) is 0 Å². The second kappa shape index (κ2) is 6.43. The molecule has 0 aliphatic carbocycles. The van der Waals surface area contributed by atoms with Crippen LogP contribution in [0.2, 0.25) is 0 Å². The monoisotopic (exact) mass is 288 g/mol. The lowest BCUT2D eigenvalue weighted by atomic mass is 10.4. The third kappa shape index (κ3) is 3.42. The van der Waals surface area contributed by atoms with Gasteiger partial charge in [0.25, 0.3) is 0 Å². The van der Waals surface area contributed by atoms with Crippen LogP contribution in [0.1, 0.15) is 25.5 Å². The normalized spacial score (nSPS) is 14.4. The molecule has 1 saturated heterocycles. The van der Waals surface area contributed by atoms with Crippen molar-refractivity contribution in [3.8, 4) is 0 Å². The first-order chi connectivity index (χ1) is 10.3. The van der Waals surface area contributed by atoms with Crippen LogP contribution < -0.4 is 15.5 Å². The maximum atomic E-state index is 5.30. The van der Waals surface area contributed by atoms with Gasteiger partial charge in [-0.15, -0.1) is 0 Å². The molecular weight excluding hydrogens is 268 g/mol. The average molecular weight is 288 g/mol. The van der Waals surface area contributed by atoms with Gasteiger partial charge in [-0.25, -0.2) is 0 Å². The van der Waals surface area contributed by atoms with Gasteiger partial charge in [-0.3, -0.25) is 0 Å². The number of hydrogen-bond acceptors (Lipinski definition) is 7. The van der Waals surface area contributed by atoms with E-state index in [1.807, 2.05) is 19.1 Å². The summed E-state index contributed by atoms with van der Waals surface area (Å²) in [5.41, 5.74) is 0. The standard InChI is InChI=1S/C14H20N6O/c1-2-15-12-17-13(16-10-11-6-5-9-21-11)19-14(18-12)20-7-3-4-8-20/h5-6,9H,2-4,7-8,10H2,1H3,(H2,15,16,17,18,19). The van der Waals surface area contributed by atoms with Crippen molar-refractivity contribution in [3.63, 3.8) is 0 Å². The highest BCUT2D eigenvalue weighted by Crippen LogP contribution is 2.18. The molecule has 0 radical (unpaired) electrons. The summed E-state index contributed by atoms with van der Waals surface area (Å²) in [4.78, 5) is 15.6. The summed E-state index contributed by atoms with van der Waals surface area (Å²) < 4.78 is 5.30. The maximum Gasteiger partial charge on any atom is 0.231 e. The van der Waals surface area contributed by atoms with E-state index in [1.165, 1.54) is 12.8 Å². The van der Waals surface area contributed by atoms with E-state index in [0.717, 1.165) is 31.3 Å². The molecule has 0 spiro atoms. The molecule has 21 heavy (non-hydrogen) atoms. The van der Waals surface area contributed by atoms with Crippen molar-refractivity contribution in [2.24, 2.45) is 0 Å². The smallest absolute Gasteiger partial charge is 0.231 e. The van der Waals surface area contributed by atoms with E-state index in [4.69, 9.17) is 4.42 Å². The quantitative estimate of drug-likeness (QED) is 0.842. The Hall–Kier alpha value is -2.31. The van der Waals surface area contributed by atoms with Crippen molar-refractivity contribution in [3.05, 3.63) is 24.2 Å². The zero-order chi connectivity index (χ0) is 14.5. The predicted octanol–water partition coefficient (Wildman–Crippen LogP) is 2.11. The van der Waals surface area contributed by atoms with Gasteiger partial charge in [-0.05, 0) is 31.9 Å². The Kier molecular flexibility index (Phi) is 4.18. The van der Waals surface area contributed by atoms with Crippen molar-refractivity contribution in [1.29, 1.82) is 0 Å². The lowest BCUT2D eigenvalue weighted by Crippen LogP contribution is -2.22. The van der Waals surface area contributed by atoms with Gasteiger partial charge in [0.1, 0.15) is 5.76 Å². The van der Waals surface area contributed by atoms with Crippen LogP contribution in [-0.4, -0.2) is 34.6 Å². The fourth-order valence-electron chi connectivity index (χ4n) is 2.32. The first-order valence-corrected chi connectivity index (χ1v) is 7.36. The molecule has 0 amide bonds. The van der Waals surface area contributed by atoms with Gasteiger partial charge in [0.15, 0.2) is 0 Å². The summed E-state index contributed by atoms with van der Waals surface area (Å²) in [6.07, 6.45) is 4.04. The largest absolute Gasteiger partial charge is 0.467 e. The van der Waals surface area contributed by atoms with Crippen molar-refractivity contribution in [2.75, 3.05) is 35.2 Å². The van der Waals surface area contributed by atoms with Gasteiger partial charge in [0.2, 0.25) is 17.8 Å². The molecule has 2 N–H and O–H groups in total. The van der Waals surface area contributed by atoms with E-state index in [0.29, 0.717) is 18.4 Å². The molecule has 0 unspecified atom stereocenters. The first-order valence-electron chi connectivity index (χ1n) is 7.36. The third-order valence-corrected chi connectivity index (χ3v) is 3.35. The van der Waals surface area contributed by atoms with Crippen molar-refractivity contribution < 1.29 is 4.42 Å². The zero-order valence-electron chi connectivity index (χ0n) is 12.2. The zero-order valence-corrected chi connectivity index (χ0v) is 12.2. The molecule has 2 aromatic heterocycles. The average Bonchev–Trinajstić information content (AvgIpc) is 3.19. The molecule has 3 rings (SSSR count). The minimum absolute atomic E-state index is 0.558. The van der Waals surface area contributed by atoms with Crippen LogP contribution in [0.3, 0.4) is 0 Å². The van der Waals surface area contributed by atoms with Gasteiger partial charge in [-0.2, -0.15) is 15.0 Å². The Bertz CT molecular complexity index is 565. The van der Waals surface area contributed by atoms with Gasteiger partial charge in [0.05, 0.1) is 12.8 Å². The number of hydrogen-bond donors (Lipinski definition) is 2. The highest BCUT2D eigenvalue weighted by atomic mass is 16.3. The van der Waals surface area contributed by atoms with Crippen molar-refractivity contribution >= 4 is 17.8 Å². The van der Waals surface area contributed by atoms with E-state index < -0.39 is 0 Å². The summed E-state index contributed by atoms with van der Waals surface area (Å²) in [6, 6.07) is 3.78. The van der Waals surface area contributed by atoms with Crippen LogP contribution in [0.5, 0.6) is 0 Å². The number of anilines is 3. The molecule has 0 aromatic carbocycles. The summed E-state index contributed by atoms with van der Waals surface area (Å²) in [6.45, 7) is 5.37. The van der Waals surface area contributed by atoms with E-state index in [2.05, 4.69) is 30.5 Å². The van der Waals surface area contributed by atoms with E-state index in [-0.39, 0.29) is 0 Å². The Morgan fingerprint density at radius 2 is 1.90 bits per heavy atom. The first kappa shape index (κ1) is 13.7. The van der Waals surface area contributed by atoms with E-state index in [1.54, 1.807) is 6.26 Å². The van der Waals surface area contributed by atoms with Crippen LogP contribution >= 0.6 is 0 Å². The Morgan fingerprint density at radius 3 is 2.57 bits per heavy atom. The molecule has 1 aliphatic heterocycles. The molecule has 0 bridgehead atoms. The number of nitrogens with zero attached hydrogens (tertiary/aromatic N) is 4. The fraction of sp³-hybridized carbons (Fsp3) is 0.500. The molecule has 0 atom stereocenters. The van der Waals surface area contributed by atoms with E-state index in [9.17, 15) is 0 Å². The number of furan rings is 1. The number of rotatable bonds is 6. The molecule has 3 heterocycles. The van der Waals surface area contributed by atoms with Crippen LogP contribution in [0.15, 0.2) is 22.8 Å². The molecular formula is C14H20N6O. The van der Waals surface area contributed by atoms with Crippen LogP contribution in [0.25, 0.3) is 0 Å². The highest BCUT2D eigenvalue weighted by Gasteiger charge is 2.17. The predicted molar refractivity (Wildman–Crippen MR) is 81.5 cm³/mol. The van der Waals surface area contributed by atoms with Gasteiger partial charge >= 0.3 is 0 Å². The van der Waals surface area contributed by atoms with Crippen LogP contribution in [0.4, 0.5) is 17.8 Å². The molecule has 7 nitrogen and oxygen atoms in total. The highest BCUT2D eigenvalue weighted by molar-refractivity contribution is 5.44. The number of aromatic nitrogens is 3. The molecule has 2 aromatic rings. The van der Waals surface area contributed by atoms with Crippen LogP contribution in [-0.2, 0) is 6.54 Å². The summed E-state index contributed by atoms with van der Waals surface area (Å²) in [5, 5.41) is 6.34. The molecule has 7 heteroatoms. The Morgan fingerprint density at radius 1 is 1.14 bits per heavy atom. The minimum Gasteiger partial charge on any atom is -0.467 e. The second-order valence-electron chi connectivity index (χ2n) is 4.94. The van der Waals surface area contributed by atoms with Gasteiger partial charge in [-0.1, -0.05) is 0 Å². The second-order valence-corrected chi connectivity index (χ2v) is 4.94. The molecule has 1 fully saturated rings. The Balaban J connectivity index is 1.77. The summed E-state index contributed by atoms with van der Waals surface area (Å²) >= 11 is 0. The molecule has 0 saturated carbocycles. The minimum atomic E-state index is 0.558. The molecule has 112 valence electrons. The lowest BCUT2D eigenvalue weighted by molar-refractivity contribution is 0.517. The molecule has 1 aliphatic rings. The summed E-state index contributed by atoms with van der Waals surface area (Å²) in [7, 11) is 0. The summed E-state index contributed by atoms with van der Waals surface area (Å²) in [5.74, 6) is 2.76. The Labute approximate surface area is 123 Å². The van der Waals surface area contributed by atoms with Crippen molar-refractivity contribution in [1.82, 2.24) is 15.0 Å².